The van der Waals surface area contributed by atoms with Crippen molar-refractivity contribution in [1.29, 1.82) is 0 Å². The van der Waals surface area contributed by atoms with Crippen molar-refractivity contribution >= 4 is 39.1 Å². The molecule has 0 bridgehead atoms. The van der Waals surface area contributed by atoms with Crippen LogP contribution in [0.25, 0.3) is 0 Å². The monoisotopic (exact) mass is 485 g/mol. The Morgan fingerprint density at radius 1 is 1.25 bits per heavy atom. The molecule has 1 aromatic rings. The van der Waals surface area contributed by atoms with Crippen LogP contribution in [0.4, 0.5) is 10.5 Å². The lowest BCUT2D eigenvalue weighted by molar-refractivity contribution is -0.115. The van der Waals surface area contributed by atoms with Gasteiger partial charge in [0.2, 0.25) is 5.91 Å². The summed E-state index contributed by atoms with van der Waals surface area (Å²) in [7, 11) is -3.21. The number of hydrogen-bond acceptors (Lipinski definition) is 6. The fraction of sp³-hybridized carbons (Fsp3) is 0.636. The largest absolute Gasteiger partial charge is 0.449 e. The molecule has 1 saturated carbocycles. The summed E-state index contributed by atoms with van der Waals surface area (Å²) in [6.45, 7) is 7.10. The Labute approximate surface area is 195 Å². The first-order valence-corrected chi connectivity index (χ1v) is 13.4. The number of hydrogen-bond donors (Lipinski definition) is 1. The van der Waals surface area contributed by atoms with Gasteiger partial charge in [-0.15, -0.1) is 0 Å². The van der Waals surface area contributed by atoms with Crippen LogP contribution in [0.2, 0.25) is 5.02 Å². The number of nitrogens with one attached hydrogen (secondary N) is 1. The van der Waals surface area contributed by atoms with Crippen LogP contribution in [0.5, 0.6) is 0 Å². The van der Waals surface area contributed by atoms with Gasteiger partial charge in [-0.3, -0.25) is 9.69 Å². The smallest absolute Gasteiger partial charge is 0.410 e. The molecule has 0 spiro atoms. The van der Waals surface area contributed by atoms with E-state index in [1.165, 1.54) is 0 Å². The quantitative estimate of drug-likeness (QED) is 0.608. The van der Waals surface area contributed by atoms with Gasteiger partial charge in [-0.25, -0.2) is 13.2 Å². The molecule has 2 amide bonds. The zero-order valence-electron chi connectivity index (χ0n) is 18.9. The van der Waals surface area contributed by atoms with Crippen LogP contribution >= 0.6 is 11.6 Å². The van der Waals surface area contributed by atoms with Crippen LogP contribution in [0.15, 0.2) is 12.1 Å². The lowest BCUT2D eigenvalue weighted by Gasteiger charge is -2.39. The molecule has 10 heteroatoms. The number of nitrogens with zero attached hydrogens (tertiary/aromatic N) is 2. The van der Waals surface area contributed by atoms with Crippen molar-refractivity contribution in [2.75, 3.05) is 43.6 Å². The number of piperazine rings is 1. The second-order valence-corrected chi connectivity index (χ2v) is 11.7. The van der Waals surface area contributed by atoms with E-state index in [1.807, 2.05) is 19.9 Å². The topological polar surface area (TPSA) is 96.0 Å². The van der Waals surface area contributed by atoms with Gasteiger partial charge in [-0.2, -0.15) is 0 Å². The van der Waals surface area contributed by atoms with Crippen molar-refractivity contribution in [2.45, 2.75) is 45.7 Å². The van der Waals surface area contributed by atoms with Crippen molar-refractivity contribution in [3.05, 3.63) is 28.3 Å². The molecule has 1 N–H and O–H groups in total. The summed E-state index contributed by atoms with van der Waals surface area (Å²) in [5.41, 5.74) is 2.45. The highest BCUT2D eigenvalue weighted by atomic mass is 35.5. The normalized spacial score (nSPS) is 19.6. The van der Waals surface area contributed by atoms with E-state index in [2.05, 4.69) is 10.2 Å². The van der Waals surface area contributed by atoms with E-state index in [0.717, 1.165) is 30.2 Å². The van der Waals surface area contributed by atoms with Gasteiger partial charge in [0.15, 0.2) is 0 Å². The number of rotatable bonds is 8. The van der Waals surface area contributed by atoms with E-state index in [-0.39, 0.29) is 30.2 Å². The maximum absolute atomic E-state index is 12.4. The van der Waals surface area contributed by atoms with Crippen molar-refractivity contribution in [3.8, 4) is 0 Å². The third kappa shape index (κ3) is 7.35. The molecule has 3 rings (SSSR count). The van der Waals surface area contributed by atoms with Crippen molar-refractivity contribution in [1.82, 2.24) is 9.80 Å². The first kappa shape index (κ1) is 24.8. The fourth-order valence-corrected chi connectivity index (χ4v) is 4.56. The van der Waals surface area contributed by atoms with Gasteiger partial charge in [-0.05, 0) is 55.9 Å². The van der Waals surface area contributed by atoms with Crippen LogP contribution in [-0.2, 0) is 25.9 Å². The highest BCUT2D eigenvalue weighted by molar-refractivity contribution is 7.90. The van der Waals surface area contributed by atoms with Crippen LogP contribution in [0.1, 0.15) is 37.3 Å². The second kappa shape index (κ2) is 10.4. The Morgan fingerprint density at radius 3 is 2.59 bits per heavy atom. The van der Waals surface area contributed by atoms with E-state index < -0.39 is 9.84 Å². The number of carbonyl (C=O) groups is 2. The summed E-state index contributed by atoms with van der Waals surface area (Å²) in [6.07, 6.45) is 3.07. The summed E-state index contributed by atoms with van der Waals surface area (Å²) < 4.78 is 28.0. The third-order valence-corrected chi connectivity index (χ3v) is 7.10. The lowest BCUT2D eigenvalue weighted by Crippen LogP contribution is -2.53. The molecular weight excluding hydrogens is 454 g/mol. The Hall–Kier alpha value is -1.84. The van der Waals surface area contributed by atoms with E-state index in [0.29, 0.717) is 49.4 Å². The van der Waals surface area contributed by atoms with Crippen LogP contribution in [0, 0.1) is 12.8 Å². The van der Waals surface area contributed by atoms with Crippen molar-refractivity contribution in [3.63, 3.8) is 0 Å². The minimum atomic E-state index is -3.21. The summed E-state index contributed by atoms with van der Waals surface area (Å²) >= 11 is 6.30. The minimum absolute atomic E-state index is 0.0325. The highest BCUT2D eigenvalue weighted by Crippen LogP contribution is 2.29. The van der Waals surface area contributed by atoms with Crippen LogP contribution < -0.4 is 5.32 Å². The van der Waals surface area contributed by atoms with Crippen molar-refractivity contribution in [2.24, 2.45) is 5.92 Å². The SMILES string of the molecule is Cc1c(CN2CCN(C(=O)OCC3CC3)C(C)C2)cc(Cl)cc1NC(=O)CCS(C)(=O)=O. The van der Waals surface area contributed by atoms with Gasteiger partial charge in [0.05, 0.1) is 12.4 Å². The highest BCUT2D eigenvalue weighted by Gasteiger charge is 2.30. The molecule has 2 fully saturated rings. The molecule has 1 aliphatic heterocycles. The molecule has 2 aliphatic rings. The average Bonchev–Trinajstić information content (AvgIpc) is 3.52. The van der Waals surface area contributed by atoms with Gasteiger partial charge in [-0.1, -0.05) is 11.6 Å². The minimum Gasteiger partial charge on any atom is -0.449 e. The molecule has 1 unspecified atom stereocenters. The third-order valence-electron chi connectivity index (χ3n) is 5.93. The second-order valence-electron chi connectivity index (χ2n) is 8.96. The summed E-state index contributed by atoms with van der Waals surface area (Å²) in [5, 5.41) is 3.28. The molecule has 1 aromatic carbocycles. The summed E-state index contributed by atoms with van der Waals surface area (Å²) in [6, 6.07) is 3.59. The van der Waals surface area contributed by atoms with Gasteiger partial charge in [0.1, 0.15) is 9.84 Å². The molecule has 1 aliphatic carbocycles. The molecule has 1 heterocycles. The summed E-state index contributed by atoms with van der Waals surface area (Å²) in [4.78, 5) is 28.6. The first-order chi connectivity index (χ1) is 15.0. The van der Waals surface area contributed by atoms with Crippen LogP contribution in [0.3, 0.4) is 0 Å². The van der Waals surface area contributed by atoms with E-state index >= 15 is 0 Å². The summed E-state index contributed by atoms with van der Waals surface area (Å²) in [5.74, 6) is -0.0163. The predicted molar refractivity (Wildman–Crippen MR) is 125 cm³/mol. The molecule has 1 saturated heterocycles. The number of carbonyl (C=O) groups excluding carboxylic acids is 2. The maximum Gasteiger partial charge on any atom is 0.410 e. The van der Waals surface area contributed by atoms with Crippen LogP contribution in [-0.4, -0.2) is 74.5 Å². The Kier molecular flexibility index (Phi) is 8.06. The molecule has 178 valence electrons. The number of sulfone groups is 1. The number of amides is 2. The number of ether oxygens (including phenoxy) is 1. The maximum atomic E-state index is 12.4. The van der Waals surface area contributed by atoms with Gasteiger partial charge < -0.3 is 15.0 Å². The Bertz CT molecular complexity index is 965. The van der Waals surface area contributed by atoms with E-state index in [1.54, 1.807) is 11.0 Å². The Balaban J connectivity index is 1.58. The molecule has 0 radical (unpaired) electrons. The van der Waals surface area contributed by atoms with E-state index in [4.69, 9.17) is 16.3 Å². The van der Waals surface area contributed by atoms with E-state index in [9.17, 15) is 18.0 Å². The van der Waals surface area contributed by atoms with Gasteiger partial charge >= 0.3 is 6.09 Å². The molecular formula is C22H32ClN3O5S. The number of halogens is 1. The molecule has 1 atom stereocenters. The lowest BCUT2D eigenvalue weighted by atomic mass is 10.0. The standard InChI is InChI=1S/C22H32ClN3O5S/c1-15-12-25(7-8-26(15)22(28)31-14-17-4-5-17)13-18-10-19(23)11-20(16(18)2)24-21(27)6-9-32(3,29)30/h10-11,15,17H,4-9,12-14H2,1-3H3,(H,24,27). The van der Waals surface area contributed by atoms with Crippen molar-refractivity contribution < 1.29 is 22.7 Å². The molecule has 8 nitrogen and oxygen atoms in total. The first-order valence-electron chi connectivity index (χ1n) is 10.9. The zero-order valence-corrected chi connectivity index (χ0v) is 20.5. The predicted octanol–water partition coefficient (Wildman–Crippen LogP) is 3.07. The number of benzene rings is 1. The van der Waals surface area contributed by atoms with Gasteiger partial charge in [0.25, 0.3) is 0 Å². The molecule has 32 heavy (non-hydrogen) atoms. The fourth-order valence-electron chi connectivity index (χ4n) is 3.77. The average molecular weight is 486 g/mol. The Morgan fingerprint density at radius 2 is 1.97 bits per heavy atom. The molecule has 0 aromatic heterocycles. The van der Waals surface area contributed by atoms with Gasteiger partial charge in [0, 0.05) is 55.6 Å². The number of anilines is 1. The zero-order chi connectivity index (χ0) is 23.5.